The van der Waals surface area contributed by atoms with E-state index in [-0.39, 0.29) is 0 Å². The SMILES string of the molecule is CC1(O)CCCN(CC2Cc3ccccc3S2)CC1. The second kappa shape index (κ2) is 5.47. The average Bonchev–Trinajstić information content (AvgIpc) is 2.69. The van der Waals surface area contributed by atoms with E-state index in [9.17, 15) is 5.11 Å². The summed E-state index contributed by atoms with van der Waals surface area (Å²) < 4.78 is 0. The van der Waals surface area contributed by atoms with Crippen LogP contribution in [0.1, 0.15) is 31.7 Å². The summed E-state index contributed by atoms with van der Waals surface area (Å²) in [7, 11) is 0. The lowest BCUT2D eigenvalue weighted by Crippen LogP contribution is -2.33. The lowest BCUT2D eigenvalue weighted by molar-refractivity contribution is 0.0447. The van der Waals surface area contributed by atoms with Gasteiger partial charge in [0.1, 0.15) is 0 Å². The largest absolute Gasteiger partial charge is 0.390 e. The van der Waals surface area contributed by atoms with Crippen LogP contribution in [0.15, 0.2) is 29.2 Å². The molecule has 0 aliphatic carbocycles. The number of hydrogen-bond acceptors (Lipinski definition) is 3. The van der Waals surface area contributed by atoms with Crippen molar-refractivity contribution in [1.29, 1.82) is 0 Å². The van der Waals surface area contributed by atoms with Crippen molar-refractivity contribution in [3.05, 3.63) is 29.8 Å². The van der Waals surface area contributed by atoms with Gasteiger partial charge in [0.2, 0.25) is 0 Å². The van der Waals surface area contributed by atoms with E-state index in [2.05, 4.69) is 29.2 Å². The Morgan fingerprint density at radius 3 is 3.00 bits per heavy atom. The lowest BCUT2D eigenvalue weighted by atomic mass is 9.98. The monoisotopic (exact) mass is 277 g/mol. The Hall–Kier alpha value is -0.510. The van der Waals surface area contributed by atoms with Gasteiger partial charge in [-0.2, -0.15) is 0 Å². The topological polar surface area (TPSA) is 23.5 Å². The van der Waals surface area contributed by atoms with Gasteiger partial charge in [-0.25, -0.2) is 0 Å². The third-order valence-corrected chi connectivity index (χ3v) is 5.63. The summed E-state index contributed by atoms with van der Waals surface area (Å²) >= 11 is 2.03. The van der Waals surface area contributed by atoms with E-state index in [1.807, 2.05) is 18.7 Å². The number of benzene rings is 1. The number of likely N-dealkylation sites (tertiary alicyclic amines) is 1. The Balaban J connectivity index is 1.56. The molecule has 2 aliphatic rings. The van der Waals surface area contributed by atoms with Crippen LogP contribution in [0.2, 0.25) is 0 Å². The standard InChI is InChI=1S/C16H23NOS/c1-16(18)7-4-9-17(10-8-16)12-14-11-13-5-2-3-6-15(13)19-14/h2-3,5-6,14,18H,4,7-12H2,1H3. The van der Waals surface area contributed by atoms with Gasteiger partial charge >= 0.3 is 0 Å². The molecule has 1 saturated heterocycles. The van der Waals surface area contributed by atoms with Crippen molar-refractivity contribution >= 4 is 11.8 Å². The van der Waals surface area contributed by atoms with Gasteiger partial charge in [-0.15, -0.1) is 11.8 Å². The number of aliphatic hydroxyl groups is 1. The van der Waals surface area contributed by atoms with Crippen molar-refractivity contribution < 1.29 is 5.11 Å². The third-order valence-electron chi connectivity index (χ3n) is 4.33. The molecule has 2 atom stereocenters. The second-order valence-electron chi connectivity index (χ2n) is 6.20. The molecule has 19 heavy (non-hydrogen) atoms. The third kappa shape index (κ3) is 3.33. The van der Waals surface area contributed by atoms with Crippen LogP contribution in [-0.2, 0) is 6.42 Å². The minimum atomic E-state index is -0.444. The van der Waals surface area contributed by atoms with Crippen molar-refractivity contribution in [2.75, 3.05) is 19.6 Å². The molecule has 0 spiro atoms. The Morgan fingerprint density at radius 1 is 1.32 bits per heavy atom. The average molecular weight is 277 g/mol. The van der Waals surface area contributed by atoms with Gasteiger partial charge in [-0.05, 0) is 50.8 Å². The molecule has 1 fully saturated rings. The molecule has 1 N–H and O–H groups in total. The smallest absolute Gasteiger partial charge is 0.0632 e. The molecule has 0 aromatic heterocycles. The molecular weight excluding hydrogens is 254 g/mol. The highest BCUT2D eigenvalue weighted by Crippen LogP contribution is 2.37. The lowest BCUT2D eigenvalue weighted by Gasteiger charge is -2.24. The maximum Gasteiger partial charge on any atom is 0.0632 e. The molecule has 0 bridgehead atoms. The van der Waals surface area contributed by atoms with Crippen LogP contribution < -0.4 is 0 Å². The van der Waals surface area contributed by atoms with E-state index in [4.69, 9.17) is 0 Å². The summed E-state index contributed by atoms with van der Waals surface area (Å²) in [5, 5.41) is 10.8. The Kier molecular flexibility index (Phi) is 3.88. The summed E-state index contributed by atoms with van der Waals surface area (Å²) in [5.74, 6) is 0. The first kappa shape index (κ1) is 13.5. The predicted molar refractivity (Wildman–Crippen MR) is 80.7 cm³/mol. The number of fused-ring (bicyclic) bond motifs is 1. The normalized spacial score (nSPS) is 32.0. The second-order valence-corrected chi connectivity index (χ2v) is 7.55. The van der Waals surface area contributed by atoms with E-state index < -0.39 is 5.60 Å². The van der Waals surface area contributed by atoms with Crippen molar-refractivity contribution in [3.8, 4) is 0 Å². The number of rotatable bonds is 2. The van der Waals surface area contributed by atoms with Crippen LogP contribution in [0.3, 0.4) is 0 Å². The maximum absolute atomic E-state index is 10.1. The molecule has 0 saturated carbocycles. The van der Waals surface area contributed by atoms with Gasteiger partial charge in [0.05, 0.1) is 5.60 Å². The first-order valence-corrected chi connectivity index (χ1v) is 8.20. The summed E-state index contributed by atoms with van der Waals surface area (Å²) in [4.78, 5) is 4.01. The minimum Gasteiger partial charge on any atom is -0.390 e. The first-order valence-electron chi connectivity index (χ1n) is 7.32. The Bertz CT molecular complexity index is 421. The van der Waals surface area contributed by atoms with Gasteiger partial charge < -0.3 is 10.0 Å². The van der Waals surface area contributed by atoms with Crippen LogP contribution in [0, 0.1) is 0 Å². The van der Waals surface area contributed by atoms with Crippen LogP contribution in [0.5, 0.6) is 0 Å². The van der Waals surface area contributed by atoms with Crippen molar-refractivity contribution in [2.24, 2.45) is 0 Å². The van der Waals surface area contributed by atoms with Crippen molar-refractivity contribution in [3.63, 3.8) is 0 Å². The predicted octanol–water partition coefficient (Wildman–Crippen LogP) is 2.94. The molecule has 2 aliphatic heterocycles. The van der Waals surface area contributed by atoms with E-state index in [1.165, 1.54) is 16.9 Å². The van der Waals surface area contributed by atoms with Crippen LogP contribution in [-0.4, -0.2) is 40.5 Å². The number of nitrogens with zero attached hydrogens (tertiary/aromatic N) is 1. The molecule has 3 heteroatoms. The Morgan fingerprint density at radius 2 is 2.16 bits per heavy atom. The molecule has 2 heterocycles. The van der Waals surface area contributed by atoms with Gasteiger partial charge in [-0.3, -0.25) is 0 Å². The van der Waals surface area contributed by atoms with Crippen molar-refractivity contribution in [1.82, 2.24) is 4.90 Å². The zero-order chi connectivity index (χ0) is 13.3. The van der Waals surface area contributed by atoms with E-state index in [1.54, 1.807) is 0 Å². The molecule has 0 radical (unpaired) electrons. The summed E-state index contributed by atoms with van der Waals surface area (Å²) in [6, 6.07) is 8.78. The van der Waals surface area contributed by atoms with Crippen LogP contribution in [0.25, 0.3) is 0 Å². The van der Waals surface area contributed by atoms with Gasteiger partial charge in [0.15, 0.2) is 0 Å². The fourth-order valence-corrected chi connectivity index (χ4v) is 4.51. The zero-order valence-corrected chi connectivity index (χ0v) is 12.5. The molecule has 1 aromatic rings. The molecule has 0 amide bonds. The zero-order valence-electron chi connectivity index (χ0n) is 11.6. The maximum atomic E-state index is 10.1. The summed E-state index contributed by atoms with van der Waals surface area (Å²) in [5.41, 5.74) is 1.07. The molecule has 2 unspecified atom stereocenters. The Labute approximate surface area is 120 Å². The number of hydrogen-bond donors (Lipinski definition) is 1. The highest BCUT2D eigenvalue weighted by atomic mass is 32.2. The molecule has 2 nitrogen and oxygen atoms in total. The summed E-state index contributed by atoms with van der Waals surface area (Å²) in [6.45, 7) is 5.33. The van der Waals surface area contributed by atoms with E-state index in [0.29, 0.717) is 5.25 Å². The highest BCUT2D eigenvalue weighted by molar-refractivity contribution is 8.00. The fourth-order valence-electron chi connectivity index (χ4n) is 3.15. The van der Waals surface area contributed by atoms with Gasteiger partial charge in [-0.1, -0.05) is 18.2 Å². The van der Waals surface area contributed by atoms with E-state index in [0.717, 1.165) is 38.9 Å². The number of thioether (sulfide) groups is 1. The quantitative estimate of drug-likeness (QED) is 0.899. The molecule has 1 aromatic carbocycles. The van der Waals surface area contributed by atoms with Crippen LogP contribution in [0.4, 0.5) is 0 Å². The fraction of sp³-hybridized carbons (Fsp3) is 0.625. The molecule has 104 valence electrons. The molecule has 3 rings (SSSR count). The molecular formula is C16H23NOS. The summed E-state index contributed by atoms with van der Waals surface area (Å²) in [6.07, 6.45) is 4.18. The first-order chi connectivity index (χ1) is 9.12. The minimum absolute atomic E-state index is 0.444. The van der Waals surface area contributed by atoms with E-state index >= 15 is 0 Å². The van der Waals surface area contributed by atoms with Gasteiger partial charge in [0, 0.05) is 23.2 Å². The van der Waals surface area contributed by atoms with Crippen LogP contribution >= 0.6 is 11.8 Å². The van der Waals surface area contributed by atoms with Crippen molar-refractivity contribution in [2.45, 2.75) is 48.4 Å². The van der Waals surface area contributed by atoms with Gasteiger partial charge in [0.25, 0.3) is 0 Å². The highest BCUT2D eigenvalue weighted by Gasteiger charge is 2.28.